The molecule has 88 valence electrons. The molecular formula is C11H11N3OS2. The lowest BCUT2D eigenvalue weighted by Gasteiger charge is -2.04. The monoisotopic (exact) mass is 265 g/mol. The lowest BCUT2D eigenvalue weighted by molar-refractivity contribution is -0.113. The first kappa shape index (κ1) is 11.9. The highest BCUT2D eigenvalue weighted by molar-refractivity contribution is 8.01. The summed E-state index contributed by atoms with van der Waals surface area (Å²) < 4.78 is 0.896. The summed E-state index contributed by atoms with van der Waals surface area (Å²) in [6.07, 6.45) is 1.72. The van der Waals surface area contributed by atoms with Gasteiger partial charge in [0, 0.05) is 23.0 Å². The van der Waals surface area contributed by atoms with Gasteiger partial charge in [0.1, 0.15) is 4.34 Å². The highest BCUT2D eigenvalue weighted by atomic mass is 32.2. The molecule has 17 heavy (non-hydrogen) atoms. The molecule has 1 amide bonds. The van der Waals surface area contributed by atoms with Crippen LogP contribution in [0.25, 0.3) is 0 Å². The highest BCUT2D eigenvalue weighted by Gasteiger charge is 2.05. The normalized spacial score (nSPS) is 10.1. The number of nitrogens with two attached hydrogens (primary N) is 1. The fraction of sp³-hybridized carbons (Fsp3) is 0.0909. The summed E-state index contributed by atoms with van der Waals surface area (Å²) in [5, 5.41) is 4.67. The van der Waals surface area contributed by atoms with Gasteiger partial charge in [0.15, 0.2) is 0 Å². The van der Waals surface area contributed by atoms with Gasteiger partial charge in [-0.25, -0.2) is 4.98 Å². The molecule has 0 unspecified atom stereocenters. The Morgan fingerprint density at radius 3 is 3.12 bits per heavy atom. The van der Waals surface area contributed by atoms with Crippen LogP contribution in [-0.2, 0) is 4.79 Å². The average Bonchev–Trinajstić information content (AvgIpc) is 2.79. The highest BCUT2D eigenvalue weighted by Crippen LogP contribution is 2.20. The zero-order valence-electron chi connectivity index (χ0n) is 8.92. The minimum Gasteiger partial charge on any atom is -0.399 e. The third kappa shape index (κ3) is 3.76. The van der Waals surface area contributed by atoms with Crippen LogP contribution >= 0.6 is 23.1 Å². The molecule has 0 aliphatic heterocycles. The molecule has 0 fully saturated rings. The van der Waals surface area contributed by atoms with E-state index in [1.54, 1.807) is 24.4 Å². The molecular weight excluding hydrogens is 254 g/mol. The minimum atomic E-state index is -0.0594. The van der Waals surface area contributed by atoms with E-state index in [4.69, 9.17) is 5.73 Å². The van der Waals surface area contributed by atoms with E-state index in [9.17, 15) is 4.79 Å². The van der Waals surface area contributed by atoms with Crippen molar-refractivity contribution in [3.63, 3.8) is 0 Å². The summed E-state index contributed by atoms with van der Waals surface area (Å²) in [7, 11) is 0. The van der Waals surface area contributed by atoms with E-state index in [2.05, 4.69) is 10.3 Å². The van der Waals surface area contributed by atoms with Gasteiger partial charge in [0.05, 0.1) is 5.75 Å². The van der Waals surface area contributed by atoms with Gasteiger partial charge in [-0.15, -0.1) is 11.3 Å². The van der Waals surface area contributed by atoms with Gasteiger partial charge in [-0.3, -0.25) is 4.79 Å². The van der Waals surface area contributed by atoms with Crippen LogP contribution in [0.3, 0.4) is 0 Å². The average molecular weight is 265 g/mol. The second-order valence-corrected chi connectivity index (χ2v) is 5.38. The Bertz CT molecular complexity index is 499. The predicted molar refractivity (Wildman–Crippen MR) is 72.3 cm³/mol. The van der Waals surface area contributed by atoms with E-state index in [1.165, 1.54) is 23.1 Å². The number of carbonyl (C=O) groups excluding carboxylic acids is 1. The third-order valence-corrected chi connectivity index (χ3v) is 3.87. The topological polar surface area (TPSA) is 68.0 Å². The van der Waals surface area contributed by atoms with Gasteiger partial charge in [0.2, 0.25) is 5.91 Å². The van der Waals surface area contributed by atoms with E-state index in [1.807, 2.05) is 11.4 Å². The smallest absolute Gasteiger partial charge is 0.234 e. The number of nitrogens with zero attached hydrogens (tertiary/aromatic N) is 1. The molecule has 0 bridgehead atoms. The van der Waals surface area contributed by atoms with Crippen LogP contribution in [-0.4, -0.2) is 16.6 Å². The Kier molecular flexibility index (Phi) is 4.00. The van der Waals surface area contributed by atoms with E-state index in [-0.39, 0.29) is 5.91 Å². The third-order valence-electron chi connectivity index (χ3n) is 1.91. The van der Waals surface area contributed by atoms with Gasteiger partial charge in [-0.2, -0.15) is 0 Å². The number of thioether (sulfide) groups is 1. The van der Waals surface area contributed by atoms with Crippen molar-refractivity contribution in [3.05, 3.63) is 35.8 Å². The first-order valence-corrected chi connectivity index (χ1v) is 6.78. The summed E-state index contributed by atoms with van der Waals surface area (Å²) in [5.41, 5.74) is 6.97. The van der Waals surface area contributed by atoms with E-state index in [0.717, 1.165) is 10.0 Å². The van der Waals surface area contributed by atoms with Crippen molar-refractivity contribution < 1.29 is 4.79 Å². The molecule has 0 aliphatic carbocycles. The number of nitrogens with one attached hydrogen (secondary N) is 1. The Morgan fingerprint density at radius 1 is 1.53 bits per heavy atom. The molecule has 3 N–H and O–H groups in total. The number of hydrogen-bond acceptors (Lipinski definition) is 5. The number of nitrogen functional groups attached to an aromatic ring is 1. The number of aromatic nitrogens is 1. The molecule has 0 atom stereocenters. The number of anilines is 2. The summed E-state index contributed by atoms with van der Waals surface area (Å²) in [4.78, 5) is 15.7. The SMILES string of the molecule is Nc1cccc(NC(=O)CSc2nccs2)c1. The second-order valence-electron chi connectivity index (χ2n) is 3.26. The zero-order chi connectivity index (χ0) is 12.1. The van der Waals surface area contributed by atoms with Crippen molar-refractivity contribution in [2.75, 3.05) is 16.8 Å². The first-order valence-electron chi connectivity index (χ1n) is 4.92. The molecule has 0 saturated carbocycles. The first-order chi connectivity index (χ1) is 8.24. The lowest BCUT2D eigenvalue weighted by atomic mass is 10.3. The summed E-state index contributed by atoms with van der Waals surface area (Å²) >= 11 is 2.95. The van der Waals surface area contributed by atoms with E-state index < -0.39 is 0 Å². The number of amides is 1. The molecule has 1 aromatic heterocycles. The maximum atomic E-state index is 11.6. The molecule has 2 aromatic rings. The van der Waals surface area contributed by atoms with Crippen LogP contribution in [0.5, 0.6) is 0 Å². The largest absolute Gasteiger partial charge is 0.399 e. The molecule has 4 nitrogen and oxygen atoms in total. The van der Waals surface area contributed by atoms with Gasteiger partial charge in [-0.05, 0) is 18.2 Å². The maximum Gasteiger partial charge on any atom is 0.234 e. The molecule has 1 aromatic carbocycles. The molecule has 6 heteroatoms. The van der Waals surface area contributed by atoms with Crippen LogP contribution in [0.1, 0.15) is 0 Å². The van der Waals surface area contributed by atoms with Gasteiger partial charge < -0.3 is 11.1 Å². The van der Waals surface area contributed by atoms with Gasteiger partial charge in [-0.1, -0.05) is 17.8 Å². The molecule has 1 heterocycles. The van der Waals surface area contributed by atoms with Crippen LogP contribution in [0, 0.1) is 0 Å². The fourth-order valence-corrected chi connectivity index (χ4v) is 2.66. The molecule has 0 aliphatic rings. The second kappa shape index (κ2) is 5.70. The Labute approximate surface area is 107 Å². The Morgan fingerprint density at radius 2 is 2.41 bits per heavy atom. The van der Waals surface area contributed by atoms with Crippen molar-refractivity contribution in [1.82, 2.24) is 4.98 Å². The summed E-state index contributed by atoms with van der Waals surface area (Å²) in [6, 6.07) is 7.12. The maximum absolute atomic E-state index is 11.6. The van der Waals surface area contributed by atoms with Crippen molar-refractivity contribution in [2.24, 2.45) is 0 Å². The predicted octanol–water partition coefficient (Wildman–Crippen LogP) is 2.46. The fourth-order valence-electron chi connectivity index (χ4n) is 1.22. The van der Waals surface area contributed by atoms with Crippen LogP contribution in [0.2, 0.25) is 0 Å². The standard InChI is InChI=1S/C11H11N3OS2/c12-8-2-1-3-9(6-8)14-10(15)7-17-11-13-4-5-16-11/h1-6H,7,12H2,(H,14,15). The quantitative estimate of drug-likeness (QED) is 0.658. The summed E-state index contributed by atoms with van der Waals surface area (Å²) in [5.74, 6) is 0.290. The van der Waals surface area contributed by atoms with Crippen LogP contribution in [0.15, 0.2) is 40.2 Å². The Hall–Kier alpha value is -1.53. The van der Waals surface area contributed by atoms with E-state index >= 15 is 0 Å². The number of hydrogen-bond donors (Lipinski definition) is 2. The number of carbonyl (C=O) groups is 1. The lowest BCUT2D eigenvalue weighted by Crippen LogP contribution is -2.13. The number of rotatable bonds is 4. The molecule has 0 saturated heterocycles. The van der Waals surface area contributed by atoms with Crippen molar-refractivity contribution in [1.29, 1.82) is 0 Å². The molecule has 0 spiro atoms. The number of thiazole rings is 1. The number of benzene rings is 1. The van der Waals surface area contributed by atoms with Crippen molar-refractivity contribution in [3.8, 4) is 0 Å². The van der Waals surface area contributed by atoms with Gasteiger partial charge in [0.25, 0.3) is 0 Å². The van der Waals surface area contributed by atoms with E-state index in [0.29, 0.717) is 11.4 Å². The molecule has 2 rings (SSSR count). The minimum absolute atomic E-state index is 0.0594. The molecule has 0 radical (unpaired) electrons. The van der Waals surface area contributed by atoms with Crippen LogP contribution < -0.4 is 11.1 Å². The summed E-state index contributed by atoms with van der Waals surface area (Å²) in [6.45, 7) is 0. The zero-order valence-corrected chi connectivity index (χ0v) is 10.6. The van der Waals surface area contributed by atoms with Gasteiger partial charge >= 0.3 is 0 Å². The Balaban J connectivity index is 1.85. The van der Waals surface area contributed by atoms with Crippen molar-refractivity contribution in [2.45, 2.75) is 4.34 Å². The van der Waals surface area contributed by atoms with Crippen LogP contribution in [0.4, 0.5) is 11.4 Å². The van der Waals surface area contributed by atoms with Crippen molar-refractivity contribution >= 4 is 40.4 Å².